The fourth-order valence-electron chi connectivity index (χ4n) is 4.09. The van der Waals surface area contributed by atoms with Gasteiger partial charge in [0.05, 0.1) is 17.6 Å². The average molecular weight is 323 g/mol. The van der Waals surface area contributed by atoms with E-state index in [1.54, 1.807) is 0 Å². The van der Waals surface area contributed by atoms with E-state index in [-0.39, 0.29) is 36.1 Å². The Morgan fingerprint density at radius 1 is 1.35 bits per heavy atom. The summed E-state index contributed by atoms with van der Waals surface area (Å²) in [5, 5.41) is 3.11. The summed E-state index contributed by atoms with van der Waals surface area (Å²) in [6, 6.07) is 0. The van der Waals surface area contributed by atoms with Gasteiger partial charge >= 0.3 is 7.12 Å². The largest absolute Gasteiger partial charge is 0.481 e. The quantitative estimate of drug-likeness (QED) is 0.787. The van der Waals surface area contributed by atoms with E-state index >= 15 is 0 Å². The van der Waals surface area contributed by atoms with Gasteiger partial charge in [0.15, 0.2) is 0 Å². The first-order chi connectivity index (χ1) is 10.6. The van der Waals surface area contributed by atoms with E-state index in [1.165, 1.54) is 0 Å². The summed E-state index contributed by atoms with van der Waals surface area (Å²) in [6.45, 7) is 15.3. The Bertz CT molecular complexity index is 440. The highest BCUT2D eigenvalue weighted by atomic mass is 16.7. The summed E-state index contributed by atoms with van der Waals surface area (Å²) in [5.74, 6) is 1.09. The van der Waals surface area contributed by atoms with Crippen LogP contribution in [0.1, 0.15) is 74.1 Å². The Balaban J connectivity index is 2.12. The molecule has 0 bridgehead atoms. The Morgan fingerprint density at radius 3 is 2.57 bits per heavy atom. The Kier molecular flexibility index (Phi) is 5.52. The molecule has 1 saturated carbocycles. The maximum absolute atomic E-state index is 11.9. The van der Waals surface area contributed by atoms with Crippen LogP contribution in [0.3, 0.4) is 0 Å². The van der Waals surface area contributed by atoms with Gasteiger partial charge in [-0.15, -0.1) is 0 Å². The van der Waals surface area contributed by atoms with E-state index in [9.17, 15) is 4.79 Å². The minimum Gasteiger partial charge on any atom is -0.404 e. The van der Waals surface area contributed by atoms with Gasteiger partial charge in [-0.05, 0) is 43.4 Å². The third-order valence-electron chi connectivity index (χ3n) is 5.79. The summed E-state index contributed by atoms with van der Waals surface area (Å²) in [7, 11) is -0.330. The molecule has 2 rings (SSSR count). The zero-order valence-electron chi connectivity index (χ0n) is 15.9. The predicted molar refractivity (Wildman–Crippen MR) is 94.0 cm³/mol. The van der Waals surface area contributed by atoms with Gasteiger partial charge in [-0.1, -0.05) is 41.5 Å². The molecule has 4 nitrogen and oxygen atoms in total. The maximum atomic E-state index is 11.9. The molecule has 1 aliphatic heterocycles. The summed E-state index contributed by atoms with van der Waals surface area (Å²) in [4.78, 5) is 11.9. The van der Waals surface area contributed by atoms with Crippen LogP contribution in [-0.2, 0) is 14.1 Å². The first-order valence-corrected chi connectivity index (χ1v) is 9.20. The molecule has 0 aromatic carbocycles. The lowest BCUT2D eigenvalue weighted by atomic mass is 9.63. The Morgan fingerprint density at radius 2 is 2.00 bits per heavy atom. The zero-order chi connectivity index (χ0) is 17.4. The van der Waals surface area contributed by atoms with Crippen LogP contribution in [0.2, 0.25) is 0 Å². The first-order valence-electron chi connectivity index (χ1n) is 9.20. The molecule has 0 aromatic rings. The van der Waals surface area contributed by atoms with Crippen LogP contribution in [0.4, 0.5) is 0 Å². The molecule has 132 valence electrons. The second-order valence-electron chi connectivity index (χ2n) is 8.88. The van der Waals surface area contributed by atoms with Crippen LogP contribution in [0, 0.1) is 17.3 Å². The van der Waals surface area contributed by atoms with E-state index in [2.05, 4.69) is 46.9 Å². The number of carbonyl (C=O) groups is 1. The maximum Gasteiger partial charge on any atom is 0.481 e. The van der Waals surface area contributed by atoms with Crippen LogP contribution in [0.25, 0.3) is 0 Å². The summed E-state index contributed by atoms with van der Waals surface area (Å²) in [5.41, 5.74) is 0.0105. The number of carbonyl (C=O) groups excluding carboxylic acids is 1. The third-order valence-corrected chi connectivity index (χ3v) is 5.79. The zero-order valence-corrected chi connectivity index (χ0v) is 15.9. The molecule has 0 unspecified atom stereocenters. The number of rotatable bonds is 5. The lowest BCUT2D eigenvalue weighted by molar-refractivity contribution is -0.121. The topological polar surface area (TPSA) is 47.6 Å². The van der Waals surface area contributed by atoms with Crippen molar-refractivity contribution in [1.29, 1.82) is 0 Å². The van der Waals surface area contributed by atoms with Gasteiger partial charge in [-0.3, -0.25) is 4.79 Å². The van der Waals surface area contributed by atoms with Gasteiger partial charge in [0.2, 0.25) is 5.91 Å². The molecular weight excluding hydrogens is 289 g/mol. The lowest BCUT2D eigenvalue weighted by Gasteiger charge is -2.47. The van der Waals surface area contributed by atoms with Gasteiger partial charge in [0.1, 0.15) is 0 Å². The smallest absolute Gasteiger partial charge is 0.404 e. The van der Waals surface area contributed by atoms with Crippen molar-refractivity contribution in [2.24, 2.45) is 17.3 Å². The van der Waals surface area contributed by atoms with Gasteiger partial charge in [0, 0.05) is 6.42 Å². The Labute approximate surface area is 142 Å². The van der Waals surface area contributed by atoms with Gasteiger partial charge in [-0.2, -0.15) is 0 Å². The number of hydrogen-bond donors (Lipinski definition) is 1. The van der Waals surface area contributed by atoms with Crippen molar-refractivity contribution in [2.45, 2.75) is 91.8 Å². The molecular formula is C18H34BNO3. The van der Waals surface area contributed by atoms with Crippen LogP contribution in [-0.4, -0.2) is 30.7 Å². The minimum atomic E-state index is -0.330. The lowest BCUT2D eigenvalue weighted by Crippen LogP contribution is -2.50. The molecule has 0 radical (unpaired) electrons. The third kappa shape index (κ3) is 4.11. The molecule has 1 amide bonds. The molecule has 5 heteroatoms. The van der Waals surface area contributed by atoms with Crippen molar-refractivity contribution < 1.29 is 14.1 Å². The molecule has 4 atom stereocenters. The van der Waals surface area contributed by atoms with Crippen molar-refractivity contribution in [1.82, 2.24) is 5.32 Å². The van der Waals surface area contributed by atoms with Crippen molar-refractivity contribution in [3.05, 3.63) is 0 Å². The highest BCUT2D eigenvalue weighted by molar-refractivity contribution is 6.47. The summed E-state index contributed by atoms with van der Waals surface area (Å²) >= 11 is 0. The van der Waals surface area contributed by atoms with Crippen molar-refractivity contribution in [2.75, 3.05) is 0 Å². The van der Waals surface area contributed by atoms with E-state index in [4.69, 9.17) is 9.31 Å². The standard InChI is InChI=1S/C18H34BNO3/c1-8-16(21)20-15(9-12(2)3)19-22-14-10-13(4)17(5,6)11-18(14,7)23-19/h12-15H,8-11H2,1-7H3,(H,20,21)/t13-,14+,15-,18-/m0/s1. The predicted octanol–water partition coefficient (Wildman–Crippen LogP) is 3.58. The van der Waals surface area contributed by atoms with Crippen LogP contribution in [0.15, 0.2) is 0 Å². The number of hydrogen-bond acceptors (Lipinski definition) is 3. The normalized spacial score (nSPS) is 34.3. The van der Waals surface area contributed by atoms with E-state index in [1.807, 2.05) is 6.92 Å². The van der Waals surface area contributed by atoms with Crippen LogP contribution in [0.5, 0.6) is 0 Å². The number of nitrogens with one attached hydrogen (secondary N) is 1. The number of fused-ring (bicyclic) bond motifs is 1. The fourth-order valence-corrected chi connectivity index (χ4v) is 4.09. The van der Waals surface area contributed by atoms with Gasteiger partial charge < -0.3 is 14.6 Å². The average Bonchev–Trinajstić information content (AvgIpc) is 2.73. The number of amides is 1. The minimum absolute atomic E-state index is 0.0663. The highest BCUT2D eigenvalue weighted by Crippen LogP contribution is 2.50. The molecule has 1 N–H and O–H groups in total. The first kappa shape index (κ1) is 18.8. The summed E-state index contributed by atoms with van der Waals surface area (Å²) in [6.07, 6.45) is 3.52. The van der Waals surface area contributed by atoms with E-state index in [0.29, 0.717) is 18.3 Å². The SMILES string of the molecule is CCC(=O)N[C@@H](CC(C)C)B1O[C@@H]2C[C@H](C)C(C)(C)C[C@]2(C)O1. The molecule has 0 spiro atoms. The highest BCUT2D eigenvalue weighted by Gasteiger charge is 2.57. The molecule has 23 heavy (non-hydrogen) atoms. The molecule has 2 aliphatic rings. The van der Waals surface area contributed by atoms with E-state index < -0.39 is 0 Å². The van der Waals surface area contributed by atoms with Crippen molar-refractivity contribution in [3.8, 4) is 0 Å². The monoisotopic (exact) mass is 323 g/mol. The van der Waals surface area contributed by atoms with Crippen LogP contribution >= 0.6 is 0 Å². The molecule has 2 fully saturated rings. The van der Waals surface area contributed by atoms with Crippen molar-refractivity contribution in [3.63, 3.8) is 0 Å². The fraction of sp³-hybridized carbons (Fsp3) is 0.944. The molecule has 1 heterocycles. The van der Waals surface area contributed by atoms with E-state index in [0.717, 1.165) is 19.3 Å². The molecule has 0 aromatic heterocycles. The summed E-state index contributed by atoms with van der Waals surface area (Å²) < 4.78 is 12.7. The van der Waals surface area contributed by atoms with Crippen LogP contribution < -0.4 is 5.32 Å². The second kappa shape index (κ2) is 6.75. The van der Waals surface area contributed by atoms with Gasteiger partial charge in [-0.25, -0.2) is 0 Å². The molecule has 1 aliphatic carbocycles. The van der Waals surface area contributed by atoms with Crippen molar-refractivity contribution >= 4 is 13.0 Å². The Hall–Kier alpha value is -0.545. The second-order valence-corrected chi connectivity index (χ2v) is 8.88. The molecule has 1 saturated heterocycles. The van der Waals surface area contributed by atoms with Gasteiger partial charge in [0.25, 0.3) is 0 Å².